The molecule has 1 amide bonds. The number of aliphatic carboxylic acids is 1. The Balaban J connectivity index is 1.85. The summed E-state index contributed by atoms with van der Waals surface area (Å²) in [7, 11) is 1.94. The van der Waals surface area contributed by atoms with Crippen LogP contribution in [0.1, 0.15) is 47.4 Å². The fraction of sp³-hybridized carbons (Fsp3) is 0.379. The highest BCUT2D eigenvalue weighted by atomic mass is 16.4. The van der Waals surface area contributed by atoms with Crippen LogP contribution >= 0.6 is 0 Å². The first-order chi connectivity index (χ1) is 17.3. The van der Waals surface area contributed by atoms with Gasteiger partial charge in [0.15, 0.2) is 0 Å². The van der Waals surface area contributed by atoms with Crippen molar-refractivity contribution in [3.05, 3.63) is 89.2 Å². The fourth-order valence-corrected chi connectivity index (χ4v) is 3.91. The van der Waals surface area contributed by atoms with Crippen LogP contribution in [-0.2, 0) is 24.1 Å². The molecule has 0 aliphatic rings. The fourth-order valence-electron chi connectivity index (χ4n) is 3.91. The Morgan fingerprint density at radius 2 is 1.50 bits per heavy atom. The van der Waals surface area contributed by atoms with Gasteiger partial charge in [-0.3, -0.25) is 9.59 Å². The second-order valence-electron chi connectivity index (χ2n) is 9.48. The Hall–Kier alpha value is -3.74. The Labute approximate surface area is 213 Å². The molecule has 0 atom stereocenters. The predicted octanol–water partition coefficient (Wildman–Crippen LogP) is 4.51. The number of amides is 1. The Bertz CT molecular complexity index is 1120. The molecule has 0 fully saturated rings. The molecular formula is C29H36N4O3. The van der Waals surface area contributed by atoms with Crippen molar-refractivity contribution in [3.63, 3.8) is 0 Å². The van der Waals surface area contributed by atoms with Crippen LogP contribution in [0.25, 0.3) is 0 Å². The molecular weight excluding hydrogens is 452 g/mol. The molecule has 1 N–H and O–H groups in total. The third-order valence-corrected chi connectivity index (χ3v) is 6.09. The van der Waals surface area contributed by atoms with Gasteiger partial charge in [0, 0.05) is 26.3 Å². The van der Waals surface area contributed by atoms with Crippen LogP contribution in [0.15, 0.2) is 66.9 Å². The number of hydrogen-bond acceptors (Lipinski definition) is 5. The lowest BCUT2D eigenvalue weighted by Crippen LogP contribution is -2.38. The van der Waals surface area contributed by atoms with E-state index in [1.54, 1.807) is 6.20 Å². The minimum Gasteiger partial charge on any atom is -0.480 e. The number of carboxylic acid groups (broad SMARTS) is 1. The topological polar surface area (TPSA) is 86.6 Å². The van der Waals surface area contributed by atoms with E-state index < -0.39 is 5.97 Å². The Morgan fingerprint density at radius 1 is 0.889 bits per heavy atom. The number of aromatic nitrogens is 2. The van der Waals surface area contributed by atoms with Gasteiger partial charge in [-0.2, -0.15) is 0 Å². The van der Waals surface area contributed by atoms with Crippen LogP contribution in [0.5, 0.6) is 0 Å². The molecule has 3 rings (SSSR count). The van der Waals surface area contributed by atoms with Gasteiger partial charge in [-0.05, 0) is 42.7 Å². The molecule has 0 aliphatic carbocycles. The zero-order valence-corrected chi connectivity index (χ0v) is 21.4. The van der Waals surface area contributed by atoms with E-state index in [0.29, 0.717) is 36.1 Å². The number of nitrogens with zero attached hydrogens (tertiary/aromatic N) is 4. The number of carboxylic acids is 1. The lowest BCUT2D eigenvalue weighted by atomic mass is 10.0. The number of likely N-dealkylation sites (N-methyl/N-ethyl adjacent to an activating group) is 1. The summed E-state index contributed by atoms with van der Waals surface area (Å²) in [5.41, 5.74) is 3.39. The smallest absolute Gasteiger partial charge is 0.323 e. The zero-order chi connectivity index (χ0) is 25.9. The van der Waals surface area contributed by atoms with Crippen molar-refractivity contribution in [1.82, 2.24) is 14.9 Å². The summed E-state index contributed by atoms with van der Waals surface area (Å²) in [5.74, 6) is -0.461. The highest BCUT2D eigenvalue weighted by molar-refractivity contribution is 5.96. The van der Waals surface area contributed by atoms with Crippen LogP contribution in [0, 0.1) is 5.92 Å². The highest BCUT2D eigenvalue weighted by Crippen LogP contribution is 2.18. The molecule has 2 aromatic carbocycles. The number of carbonyl (C=O) groups excluding carboxylic acids is 1. The van der Waals surface area contributed by atoms with Gasteiger partial charge in [-0.25, -0.2) is 9.97 Å². The van der Waals surface area contributed by atoms with Crippen molar-refractivity contribution in [3.8, 4) is 0 Å². The van der Waals surface area contributed by atoms with E-state index in [2.05, 4.69) is 43.1 Å². The molecule has 0 bridgehead atoms. The molecule has 7 heteroatoms. The van der Waals surface area contributed by atoms with Gasteiger partial charge in [0.05, 0.1) is 11.3 Å². The van der Waals surface area contributed by atoms with Crippen molar-refractivity contribution in [2.24, 2.45) is 5.92 Å². The van der Waals surface area contributed by atoms with Crippen LogP contribution < -0.4 is 4.90 Å². The maximum absolute atomic E-state index is 13.5. The van der Waals surface area contributed by atoms with Gasteiger partial charge in [0.1, 0.15) is 6.54 Å². The summed E-state index contributed by atoms with van der Waals surface area (Å²) < 4.78 is 0. The first-order valence-corrected chi connectivity index (χ1v) is 12.5. The number of hydrogen-bond donors (Lipinski definition) is 1. The minimum absolute atomic E-state index is 0.334. The first kappa shape index (κ1) is 26.9. The SMILES string of the molecule is CC(C)CCN(CC(=O)O)C(=O)c1cnc(N(C)CCc2ccccc2)nc1CCc1ccccc1. The first-order valence-electron chi connectivity index (χ1n) is 12.5. The predicted molar refractivity (Wildman–Crippen MR) is 142 cm³/mol. The number of anilines is 1. The second kappa shape index (κ2) is 13.4. The molecule has 0 radical (unpaired) electrons. The largest absolute Gasteiger partial charge is 0.480 e. The molecule has 1 aromatic heterocycles. The minimum atomic E-state index is -1.03. The molecule has 36 heavy (non-hydrogen) atoms. The van der Waals surface area contributed by atoms with E-state index in [1.165, 1.54) is 10.5 Å². The number of carbonyl (C=O) groups is 2. The molecule has 0 saturated heterocycles. The number of rotatable bonds is 13. The molecule has 0 saturated carbocycles. The molecule has 0 aliphatic heterocycles. The summed E-state index contributed by atoms with van der Waals surface area (Å²) in [5, 5.41) is 9.40. The second-order valence-corrected chi connectivity index (χ2v) is 9.48. The maximum Gasteiger partial charge on any atom is 0.323 e. The molecule has 0 spiro atoms. The number of aryl methyl sites for hydroxylation is 2. The quantitative estimate of drug-likeness (QED) is 0.381. The Morgan fingerprint density at radius 3 is 2.08 bits per heavy atom. The van der Waals surface area contributed by atoms with E-state index in [4.69, 9.17) is 4.98 Å². The van der Waals surface area contributed by atoms with Crippen molar-refractivity contribution < 1.29 is 14.7 Å². The lowest BCUT2D eigenvalue weighted by Gasteiger charge is -2.24. The highest BCUT2D eigenvalue weighted by Gasteiger charge is 2.23. The van der Waals surface area contributed by atoms with Gasteiger partial charge < -0.3 is 14.9 Å². The van der Waals surface area contributed by atoms with Crippen molar-refractivity contribution in [2.75, 3.05) is 31.6 Å². The number of benzene rings is 2. The van der Waals surface area contributed by atoms with Gasteiger partial charge in [0.2, 0.25) is 5.95 Å². The molecule has 1 heterocycles. The summed E-state index contributed by atoms with van der Waals surface area (Å²) in [6, 6.07) is 20.3. The van der Waals surface area contributed by atoms with Gasteiger partial charge in [-0.1, -0.05) is 74.5 Å². The maximum atomic E-state index is 13.5. The summed E-state index contributed by atoms with van der Waals surface area (Å²) in [4.78, 5) is 37.7. The van der Waals surface area contributed by atoms with Crippen LogP contribution in [0.2, 0.25) is 0 Å². The normalized spacial score (nSPS) is 10.9. The van der Waals surface area contributed by atoms with Crippen molar-refractivity contribution in [2.45, 2.75) is 39.5 Å². The van der Waals surface area contributed by atoms with Crippen LogP contribution in [-0.4, -0.2) is 58.5 Å². The zero-order valence-electron chi connectivity index (χ0n) is 21.4. The third kappa shape index (κ3) is 8.18. The Kier molecular flexibility index (Phi) is 9.98. The van der Waals surface area contributed by atoms with Gasteiger partial charge in [0.25, 0.3) is 5.91 Å². The molecule has 3 aromatic rings. The molecule has 7 nitrogen and oxygen atoms in total. The summed E-state index contributed by atoms with van der Waals surface area (Å²) in [6.07, 6.45) is 4.41. The van der Waals surface area contributed by atoms with Gasteiger partial charge >= 0.3 is 5.97 Å². The summed E-state index contributed by atoms with van der Waals surface area (Å²) in [6.45, 7) is 4.87. The van der Waals surface area contributed by atoms with E-state index in [1.807, 2.05) is 48.3 Å². The van der Waals surface area contributed by atoms with E-state index in [9.17, 15) is 14.7 Å². The standard InChI is InChI=1S/C29H36N4O3/c1-22(2)16-19-33(21-27(34)35)28(36)25-20-30-29(32(3)18-17-24-12-8-5-9-13-24)31-26(25)15-14-23-10-6-4-7-11-23/h4-13,20,22H,14-19,21H2,1-3H3,(H,34,35). The average molecular weight is 489 g/mol. The summed E-state index contributed by atoms with van der Waals surface area (Å²) >= 11 is 0. The molecule has 0 unspecified atom stereocenters. The van der Waals surface area contributed by atoms with E-state index in [0.717, 1.165) is 31.4 Å². The van der Waals surface area contributed by atoms with E-state index >= 15 is 0 Å². The monoisotopic (exact) mass is 488 g/mol. The average Bonchev–Trinajstić information content (AvgIpc) is 2.88. The lowest BCUT2D eigenvalue weighted by molar-refractivity contribution is -0.137. The van der Waals surface area contributed by atoms with Crippen LogP contribution in [0.3, 0.4) is 0 Å². The van der Waals surface area contributed by atoms with Crippen molar-refractivity contribution in [1.29, 1.82) is 0 Å². The van der Waals surface area contributed by atoms with E-state index in [-0.39, 0.29) is 12.5 Å². The van der Waals surface area contributed by atoms with Crippen molar-refractivity contribution >= 4 is 17.8 Å². The molecule has 190 valence electrons. The van der Waals surface area contributed by atoms with Gasteiger partial charge in [-0.15, -0.1) is 0 Å². The van der Waals surface area contributed by atoms with Crippen LogP contribution in [0.4, 0.5) is 5.95 Å². The third-order valence-electron chi connectivity index (χ3n) is 6.09.